The third-order valence-corrected chi connectivity index (χ3v) is 3.31. The van der Waals surface area contributed by atoms with Gasteiger partial charge in [-0.2, -0.15) is 0 Å². The molecule has 0 spiro atoms. The van der Waals surface area contributed by atoms with Gasteiger partial charge >= 0.3 is 0 Å². The minimum Gasteiger partial charge on any atom is -0.311 e. The predicted molar refractivity (Wildman–Crippen MR) is 60.5 cm³/mol. The van der Waals surface area contributed by atoms with Crippen molar-refractivity contribution in [2.45, 2.75) is 6.92 Å². The Bertz CT molecular complexity index is 386. The first-order chi connectivity index (χ1) is 6.75. The predicted octanol–water partition coefficient (Wildman–Crippen LogP) is 1.86. The molecule has 1 N–H and O–H groups in total. The van der Waals surface area contributed by atoms with Gasteiger partial charge < -0.3 is 5.32 Å². The van der Waals surface area contributed by atoms with Gasteiger partial charge in [-0.05, 0) is 0 Å². The Morgan fingerprint density at radius 3 is 3.07 bits per heavy atom. The smallest absolute Gasteiger partial charge is 0.189 e. The van der Waals surface area contributed by atoms with Crippen LogP contribution in [0.15, 0.2) is 10.4 Å². The molecular weight excluding hydrogens is 218 g/mol. The van der Waals surface area contributed by atoms with Crippen molar-refractivity contribution in [2.24, 2.45) is 4.99 Å². The molecule has 1 aromatic heterocycles. The van der Waals surface area contributed by atoms with Crippen LogP contribution in [0.5, 0.6) is 0 Å². The minimum atomic E-state index is -0.00434. The molecule has 0 radical (unpaired) electrons. The second-order valence-electron chi connectivity index (χ2n) is 2.75. The number of aromatic nitrogens is 1. The summed E-state index contributed by atoms with van der Waals surface area (Å²) in [6.45, 7) is 2.37. The summed E-state index contributed by atoms with van der Waals surface area (Å²) in [6.07, 6.45) is 0. The van der Waals surface area contributed by atoms with E-state index in [4.69, 9.17) is 0 Å². The number of anilines is 1. The summed E-state index contributed by atoms with van der Waals surface area (Å²) < 4.78 is 0. The van der Waals surface area contributed by atoms with Crippen molar-refractivity contribution in [3.63, 3.8) is 0 Å². The van der Waals surface area contributed by atoms with E-state index in [-0.39, 0.29) is 5.78 Å². The Morgan fingerprint density at radius 2 is 2.50 bits per heavy atom. The van der Waals surface area contributed by atoms with E-state index in [1.165, 1.54) is 18.3 Å². The van der Waals surface area contributed by atoms with Gasteiger partial charge in [0, 0.05) is 18.1 Å². The Kier molecular flexibility index (Phi) is 2.83. The number of nitrogens with one attached hydrogen (secondary N) is 1. The SMILES string of the molecule is CC(=O)c1csc(NC2=NCCS2)n1. The molecule has 4 nitrogen and oxygen atoms in total. The second kappa shape index (κ2) is 4.10. The van der Waals surface area contributed by atoms with Crippen molar-refractivity contribution >= 4 is 39.2 Å². The van der Waals surface area contributed by atoms with Gasteiger partial charge in [0.25, 0.3) is 0 Å². The van der Waals surface area contributed by atoms with Crippen LogP contribution in [0, 0.1) is 0 Å². The quantitative estimate of drug-likeness (QED) is 0.783. The van der Waals surface area contributed by atoms with Gasteiger partial charge in [-0.25, -0.2) is 4.98 Å². The van der Waals surface area contributed by atoms with Crippen LogP contribution in [0.25, 0.3) is 0 Å². The highest BCUT2D eigenvalue weighted by molar-refractivity contribution is 8.14. The highest BCUT2D eigenvalue weighted by Gasteiger charge is 2.10. The number of rotatable bonds is 2. The Morgan fingerprint density at radius 1 is 1.64 bits per heavy atom. The molecule has 0 amide bonds. The van der Waals surface area contributed by atoms with Crippen molar-refractivity contribution in [3.8, 4) is 0 Å². The fourth-order valence-corrected chi connectivity index (χ4v) is 2.54. The van der Waals surface area contributed by atoms with Crippen LogP contribution in [-0.4, -0.2) is 28.2 Å². The molecule has 0 atom stereocenters. The van der Waals surface area contributed by atoms with Crippen LogP contribution in [0.3, 0.4) is 0 Å². The number of ketones is 1. The van der Waals surface area contributed by atoms with Crippen LogP contribution in [0.2, 0.25) is 0 Å². The van der Waals surface area contributed by atoms with Crippen molar-refractivity contribution in [2.75, 3.05) is 17.6 Å². The summed E-state index contributed by atoms with van der Waals surface area (Å²) in [7, 11) is 0. The second-order valence-corrected chi connectivity index (χ2v) is 4.70. The highest BCUT2D eigenvalue weighted by Crippen LogP contribution is 2.19. The monoisotopic (exact) mass is 227 g/mol. The van der Waals surface area contributed by atoms with Gasteiger partial charge in [0.05, 0.1) is 6.54 Å². The summed E-state index contributed by atoms with van der Waals surface area (Å²) in [6, 6.07) is 0. The summed E-state index contributed by atoms with van der Waals surface area (Å²) >= 11 is 3.10. The molecule has 1 aromatic rings. The zero-order valence-corrected chi connectivity index (χ0v) is 9.24. The average molecular weight is 227 g/mol. The number of Topliss-reactive ketones (excluding diaryl/α,β-unsaturated/α-hetero) is 1. The average Bonchev–Trinajstić information content (AvgIpc) is 2.75. The number of thioether (sulfide) groups is 1. The van der Waals surface area contributed by atoms with Crippen molar-refractivity contribution in [1.29, 1.82) is 0 Å². The van der Waals surface area contributed by atoms with Crippen LogP contribution >= 0.6 is 23.1 Å². The first-order valence-corrected chi connectivity index (χ1v) is 6.03. The van der Waals surface area contributed by atoms with E-state index in [9.17, 15) is 4.79 Å². The number of hydrogen-bond acceptors (Lipinski definition) is 6. The lowest BCUT2D eigenvalue weighted by Gasteiger charge is -1.98. The number of aliphatic imine (C=N–C) groups is 1. The maximum atomic E-state index is 11.0. The summed E-state index contributed by atoms with van der Waals surface area (Å²) in [5.41, 5.74) is 0.515. The van der Waals surface area contributed by atoms with Crippen molar-refractivity contribution in [3.05, 3.63) is 11.1 Å². The lowest BCUT2D eigenvalue weighted by molar-refractivity contribution is 0.101. The van der Waals surface area contributed by atoms with E-state index in [1.807, 2.05) is 0 Å². The normalized spacial score (nSPS) is 15.4. The molecule has 1 aliphatic rings. The molecule has 6 heteroatoms. The van der Waals surface area contributed by atoms with Crippen molar-refractivity contribution in [1.82, 2.24) is 4.98 Å². The lowest BCUT2D eigenvalue weighted by Crippen LogP contribution is -2.04. The summed E-state index contributed by atoms with van der Waals surface area (Å²) in [4.78, 5) is 19.3. The van der Waals surface area contributed by atoms with Crippen LogP contribution < -0.4 is 5.32 Å². The van der Waals surface area contributed by atoms with E-state index >= 15 is 0 Å². The molecule has 2 heterocycles. The van der Waals surface area contributed by atoms with E-state index in [1.54, 1.807) is 17.1 Å². The molecule has 74 valence electrons. The molecule has 14 heavy (non-hydrogen) atoms. The van der Waals surface area contributed by atoms with E-state index in [0.29, 0.717) is 5.69 Å². The number of carbonyl (C=O) groups is 1. The molecule has 0 bridgehead atoms. The first-order valence-electron chi connectivity index (χ1n) is 4.16. The Hall–Kier alpha value is -0.880. The number of thiazole rings is 1. The molecule has 1 aliphatic heterocycles. The maximum absolute atomic E-state index is 11.0. The fourth-order valence-electron chi connectivity index (χ4n) is 0.995. The zero-order chi connectivity index (χ0) is 9.97. The molecule has 0 aliphatic carbocycles. The molecular formula is C8H9N3OS2. The van der Waals surface area contributed by atoms with Crippen molar-refractivity contribution < 1.29 is 4.79 Å². The number of hydrogen-bond donors (Lipinski definition) is 1. The van der Waals surface area contributed by atoms with E-state index < -0.39 is 0 Å². The maximum Gasteiger partial charge on any atom is 0.189 e. The van der Waals surface area contributed by atoms with E-state index in [0.717, 1.165) is 22.6 Å². The summed E-state index contributed by atoms with van der Waals surface area (Å²) in [5, 5.41) is 6.48. The largest absolute Gasteiger partial charge is 0.311 e. The van der Waals surface area contributed by atoms with E-state index in [2.05, 4.69) is 15.3 Å². The lowest BCUT2D eigenvalue weighted by atomic mass is 10.4. The molecule has 0 fully saturated rings. The number of amidine groups is 1. The molecule has 0 aromatic carbocycles. The van der Waals surface area contributed by atoms with Gasteiger partial charge in [0.2, 0.25) is 0 Å². The zero-order valence-electron chi connectivity index (χ0n) is 7.61. The van der Waals surface area contributed by atoms with Crippen LogP contribution in [0.4, 0.5) is 5.13 Å². The highest BCUT2D eigenvalue weighted by atomic mass is 32.2. The molecule has 0 unspecified atom stereocenters. The fraction of sp³-hybridized carbons (Fsp3) is 0.375. The van der Waals surface area contributed by atoms with Crippen LogP contribution in [-0.2, 0) is 0 Å². The van der Waals surface area contributed by atoms with Gasteiger partial charge in [0.15, 0.2) is 16.1 Å². The third kappa shape index (κ3) is 2.13. The van der Waals surface area contributed by atoms with Crippen LogP contribution in [0.1, 0.15) is 17.4 Å². The third-order valence-electron chi connectivity index (χ3n) is 1.66. The standard InChI is InChI=1S/C8H9N3OS2/c1-5(12)6-4-14-8(10-6)11-7-9-2-3-13-7/h4H,2-3H2,1H3,(H,9,10,11). The Labute approximate surface area is 89.8 Å². The summed E-state index contributed by atoms with van der Waals surface area (Å²) in [5.74, 6) is 1.02. The first kappa shape index (κ1) is 9.67. The topological polar surface area (TPSA) is 54.4 Å². The van der Waals surface area contributed by atoms with Gasteiger partial charge in [-0.1, -0.05) is 11.8 Å². The Balaban J connectivity index is 2.06. The van der Waals surface area contributed by atoms with Gasteiger partial charge in [-0.3, -0.25) is 9.79 Å². The van der Waals surface area contributed by atoms with Gasteiger partial charge in [0.1, 0.15) is 5.69 Å². The van der Waals surface area contributed by atoms with Gasteiger partial charge in [-0.15, -0.1) is 11.3 Å². The number of nitrogens with zero attached hydrogens (tertiary/aromatic N) is 2. The minimum absolute atomic E-state index is 0.00434. The molecule has 0 saturated carbocycles. The number of carbonyl (C=O) groups excluding carboxylic acids is 1. The molecule has 2 rings (SSSR count). The molecule has 0 saturated heterocycles.